The monoisotopic (exact) mass is 207 g/mol. The minimum atomic E-state index is -3.13. The van der Waals surface area contributed by atoms with Crippen LogP contribution in [0.2, 0.25) is 0 Å². The number of ether oxygens (including phenoxy) is 1. The van der Waals surface area contributed by atoms with Crippen molar-refractivity contribution in [2.24, 2.45) is 0 Å². The second-order valence-corrected chi connectivity index (χ2v) is 2.97. The van der Waals surface area contributed by atoms with Gasteiger partial charge in [0.25, 0.3) is 0 Å². The van der Waals surface area contributed by atoms with Gasteiger partial charge in [-0.3, -0.25) is 9.66 Å². The summed E-state index contributed by atoms with van der Waals surface area (Å²) < 4.78 is 13.9. The van der Waals surface area contributed by atoms with Crippen molar-refractivity contribution >= 4 is 8.25 Å². The van der Waals surface area contributed by atoms with E-state index in [9.17, 15) is 0 Å². The molecule has 0 aromatic carbocycles. The van der Waals surface area contributed by atoms with Crippen LogP contribution in [0.25, 0.3) is 0 Å². The highest BCUT2D eigenvalue weighted by Crippen LogP contribution is 2.35. The molecule has 2 atom stereocenters. The van der Waals surface area contributed by atoms with Crippen LogP contribution in [0, 0.1) is 0 Å². The molecule has 1 aromatic rings. The molecule has 74 valence electrons. The van der Waals surface area contributed by atoms with Crippen LogP contribution in [0.5, 0.6) is 0 Å². The molecule has 8 heteroatoms. The van der Waals surface area contributed by atoms with Crippen molar-refractivity contribution in [1.82, 2.24) is 15.2 Å². The van der Waals surface area contributed by atoms with E-state index in [4.69, 9.17) is 19.1 Å². The van der Waals surface area contributed by atoms with Crippen molar-refractivity contribution in [2.75, 3.05) is 0 Å². The van der Waals surface area contributed by atoms with Crippen LogP contribution in [0.15, 0.2) is 6.33 Å². The summed E-state index contributed by atoms with van der Waals surface area (Å²) in [5.41, 5.74) is 0. The number of nitrogens with one attached hydrogen (secondary N) is 1. The fourth-order valence-corrected chi connectivity index (χ4v) is 0.813. The lowest BCUT2D eigenvalue weighted by atomic mass is 10.3. The molecule has 1 aromatic heterocycles. The third kappa shape index (κ3) is 3.65. The molecule has 3 N–H and O–H groups in total. The summed E-state index contributed by atoms with van der Waals surface area (Å²) in [6, 6.07) is 0. The van der Waals surface area contributed by atoms with Gasteiger partial charge in [0.2, 0.25) is 0 Å². The van der Waals surface area contributed by atoms with Gasteiger partial charge in [-0.2, -0.15) is 5.10 Å². The average Bonchev–Trinajstić information content (AvgIpc) is 2.57. The van der Waals surface area contributed by atoms with E-state index in [0.29, 0.717) is 6.10 Å². The van der Waals surface area contributed by atoms with Crippen LogP contribution in [-0.2, 0) is 9.30 Å². The first-order valence-corrected chi connectivity index (χ1v) is 4.84. The molecular formula is C5H10N3O4P. The maximum Gasteiger partial charge on any atom is 0.314 e. The molecular weight excluding hydrogens is 197 g/mol. The average molecular weight is 207 g/mol. The Morgan fingerprint density at radius 2 is 2.23 bits per heavy atom. The minimum Gasteiger partial charge on any atom is -0.361 e. The summed E-state index contributed by atoms with van der Waals surface area (Å²) in [6.45, 7) is 2.00. The number of aromatic amines is 1. The number of hydrogen-bond acceptors (Lipinski definition) is 4. The van der Waals surface area contributed by atoms with Crippen LogP contribution in [0.3, 0.4) is 0 Å². The Balaban J connectivity index is 0.000000184. The standard InChI is InChI=1S/C5H7N3O.H3O3P/c1-3-4(9-3)5-6-2-7-8-5;1-4(2)3/h2-4H,1H3,(H,6,7,8);4H,(H2,1,2,3). The van der Waals surface area contributed by atoms with E-state index in [1.165, 1.54) is 0 Å². The van der Waals surface area contributed by atoms with Gasteiger partial charge in [0.1, 0.15) is 12.4 Å². The Labute approximate surface area is 74.7 Å². The topological polar surface area (TPSA) is 112 Å². The molecule has 2 rings (SSSR count). The molecule has 7 nitrogen and oxygen atoms in total. The Kier molecular flexibility index (Phi) is 3.56. The fraction of sp³-hybridized carbons (Fsp3) is 0.600. The number of nitrogens with zero attached hydrogens (tertiary/aromatic N) is 2. The number of epoxide rings is 1. The number of H-pyrrole nitrogens is 1. The zero-order chi connectivity index (χ0) is 9.84. The van der Waals surface area contributed by atoms with Crippen LogP contribution >= 0.6 is 8.25 Å². The zero-order valence-corrected chi connectivity index (χ0v) is 7.84. The third-order valence-electron chi connectivity index (χ3n) is 1.40. The molecule has 0 amide bonds. The molecule has 1 aliphatic rings. The van der Waals surface area contributed by atoms with Gasteiger partial charge in [-0.15, -0.1) is 0 Å². The van der Waals surface area contributed by atoms with E-state index >= 15 is 0 Å². The second kappa shape index (κ2) is 4.48. The number of aromatic nitrogens is 3. The molecule has 0 bridgehead atoms. The zero-order valence-electron chi connectivity index (χ0n) is 6.84. The van der Waals surface area contributed by atoms with Crippen molar-refractivity contribution in [1.29, 1.82) is 0 Å². The predicted molar refractivity (Wildman–Crippen MR) is 43.1 cm³/mol. The lowest BCUT2D eigenvalue weighted by Gasteiger charge is -1.77. The third-order valence-corrected chi connectivity index (χ3v) is 1.40. The summed E-state index contributed by atoms with van der Waals surface area (Å²) in [6.07, 6.45) is 2.01. The van der Waals surface area contributed by atoms with Gasteiger partial charge in [-0.1, -0.05) is 0 Å². The summed E-state index contributed by atoms with van der Waals surface area (Å²) in [7, 11) is -3.13. The highest BCUT2D eigenvalue weighted by molar-refractivity contribution is 7.30. The normalized spacial score (nSPS) is 25.2. The first kappa shape index (κ1) is 10.3. The van der Waals surface area contributed by atoms with Crippen molar-refractivity contribution in [2.45, 2.75) is 19.1 Å². The minimum absolute atomic E-state index is 0.149. The van der Waals surface area contributed by atoms with E-state index in [1.54, 1.807) is 6.33 Å². The summed E-state index contributed by atoms with van der Waals surface area (Å²) >= 11 is 0. The van der Waals surface area contributed by atoms with E-state index in [2.05, 4.69) is 15.2 Å². The van der Waals surface area contributed by atoms with Crippen molar-refractivity contribution in [3.63, 3.8) is 0 Å². The van der Waals surface area contributed by atoms with Crippen LogP contribution < -0.4 is 0 Å². The molecule has 13 heavy (non-hydrogen) atoms. The maximum absolute atomic E-state index is 8.74. The second-order valence-electron chi connectivity index (χ2n) is 2.40. The lowest BCUT2D eigenvalue weighted by molar-refractivity contribution is 0.377. The lowest BCUT2D eigenvalue weighted by Crippen LogP contribution is -1.85. The van der Waals surface area contributed by atoms with E-state index in [1.807, 2.05) is 6.92 Å². The summed E-state index contributed by atoms with van der Waals surface area (Å²) in [5.74, 6) is 0.766. The molecule has 0 radical (unpaired) electrons. The predicted octanol–water partition coefficient (Wildman–Crippen LogP) is -0.375. The van der Waals surface area contributed by atoms with E-state index in [0.717, 1.165) is 5.82 Å². The van der Waals surface area contributed by atoms with Crippen molar-refractivity contribution < 1.29 is 19.1 Å². The first-order chi connectivity index (χ1) is 6.11. The van der Waals surface area contributed by atoms with Gasteiger partial charge in [-0.25, -0.2) is 4.98 Å². The van der Waals surface area contributed by atoms with Crippen molar-refractivity contribution in [3.8, 4) is 0 Å². The molecule has 0 spiro atoms. The molecule has 1 aliphatic heterocycles. The largest absolute Gasteiger partial charge is 0.361 e. The molecule has 0 aliphatic carbocycles. The summed E-state index contributed by atoms with van der Waals surface area (Å²) in [5, 5.41) is 6.50. The molecule has 2 unspecified atom stereocenters. The van der Waals surface area contributed by atoms with Gasteiger partial charge in [0, 0.05) is 0 Å². The smallest absolute Gasteiger partial charge is 0.314 e. The summed E-state index contributed by atoms with van der Waals surface area (Å²) in [4.78, 5) is 18.3. The SMILES string of the molecule is CC1OC1c1nc[nH]n1.O=[PH](O)O. The van der Waals surface area contributed by atoms with Crippen LogP contribution in [0.1, 0.15) is 18.9 Å². The Hall–Kier alpha value is -0.750. The van der Waals surface area contributed by atoms with E-state index < -0.39 is 8.25 Å². The number of rotatable bonds is 1. The van der Waals surface area contributed by atoms with Gasteiger partial charge in [0.05, 0.1) is 6.10 Å². The molecule has 0 saturated carbocycles. The van der Waals surface area contributed by atoms with Gasteiger partial charge >= 0.3 is 8.25 Å². The van der Waals surface area contributed by atoms with E-state index in [-0.39, 0.29) is 6.10 Å². The van der Waals surface area contributed by atoms with Gasteiger partial charge < -0.3 is 14.5 Å². The number of hydrogen-bond donors (Lipinski definition) is 3. The molecule has 1 fully saturated rings. The van der Waals surface area contributed by atoms with Crippen LogP contribution in [0.4, 0.5) is 0 Å². The highest BCUT2D eigenvalue weighted by atomic mass is 31.1. The molecule has 2 heterocycles. The van der Waals surface area contributed by atoms with Crippen molar-refractivity contribution in [3.05, 3.63) is 12.2 Å². The van der Waals surface area contributed by atoms with Gasteiger partial charge in [0.15, 0.2) is 5.82 Å². The maximum atomic E-state index is 8.74. The Bertz CT molecular complexity index is 273. The van der Waals surface area contributed by atoms with Gasteiger partial charge in [-0.05, 0) is 6.92 Å². The van der Waals surface area contributed by atoms with Crippen LogP contribution in [-0.4, -0.2) is 31.1 Å². The highest BCUT2D eigenvalue weighted by Gasteiger charge is 2.38. The Morgan fingerprint density at radius 1 is 1.69 bits per heavy atom. The quantitative estimate of drug-likeness (QED) is 0.427. The fourth-order valence-electron chi connectivity index (χ4n) is 0.813. The molecule has 1 saturated heterocycles. The first-order valence-electron chi connectivity index (χ1n) is 3.54. The Morgan fingerprint density at radius 3 is 2.54 bits per heavy atom.